The number of nitrogens with zero attached hydrogens (tertiary/aromatic N) is 2. The summed E-state index contributed by atoms with van der Waals surface area (Å²) in [4.78, 5) is 14.6. The zero-order valence-electron chi connectivity index (χ0n) is 11.6. The van der Waals surface area contributed by atoms with Gasteiger partial charge in [0.1, 0.15) is 0 Å². The zero-order chi connectivity index (χ0) is 15.2. The zero-order valence-corrected chi connectivity index (χ0v) is 11.6. The van der Waals surface area contributed by atoms with E-state index in [9.17, 15) is 18.0 Å². The van der Waals surface area contributed by atoms with Crippen LogP contribution >= 0.6 is 0 Å². The minimum absolute atomic E-state index is 0.165. The molecule has 0 radical (unpaired) electrons. The highest BCUT2D eigenvalue weighted by molar-refractivity contribution is 5.80. The van der Waals surface area contributed by atoms with Gasteiger partial charge in [-0.1, -0.05) is 6.08 Å². The quantitative estimate of drug-likeness (QED) is 0.778. The Hall–Kier alpha value is -1.08. The van der Waals surface area contributed by atoms with Crippen LogP contribution in [0.1, 0.15) is 26.2 Å². The van der Waals surface area contributed by atoms with E-state index in [1.165, 1.54) is 4.90 Å². The van der Waals surface area contributed by atoms with Crippen molar-refractivity contribution in [1.29, 1.82) is 0 Å². The van der Waals surface area contributed by atoms with E-state index in [-0.39, 0.29) is 19.0 Å². The summed E-state index contributed by atoms with van der Waals surface area (Å²) in [6, 6.07) is 0. The van der Waals surface area contributed by atoms with Crippen molar-refractivity contribution in [2.75, 3.05) is 32.8 Å². The first kappa shape index (κ1) is 17.0. The average Bonchev–Trinajstić information content (AvgIpc) is 2.81. The van der Waals surface area contributed by atoms with Crippen molar-refractivity contribution in [1.82, 2.24) is 9.80 Å². The number of amides is 1. The van der Waals surface area contributed by atoms with Crippen molar-refractivity contribution < 1.29 is 23.1 Å². The van der Waals surface area contributed by atoms with E-state index in [1.807, 2.05) is 6.08 Å². The van der Waals surface area contributed by atoms with Gasteiger partial charge < -0.3 is 10.0 Å². The van der Waals surface area contributed by atoms with Crippen LogP contribution in [0.4, 0.5) is 13.2 Å². The molecule has 0 spiro atoms. The van der Waals surface area contributed by atoms with Gasteiger partial charge in [-0.25, -0.2) is 0 Å². The second kappa shape index (κ2) is 7.64. The van der Waals surface area contributed by atoms with Gasteiger partial charge >= 0.3 is 6.18 Å². The molecule has 0 atom stereocenters. The first-order valence-electron chi connectivity index (χ1n) is 6.76. The fourth-order valence-corrected chi connectivity index (χ4v) is 2.32. The van der Waals surface area contributed by atoms with E-state index in [0.717, 1.165) is 29.9 Å². The second-order valence-corrected chi connectivity index (χ2v) is 4.78. The molecule has 1 aliphatic rings. The topological polar surface area (TPSA) is 43.8 Å². The lowest BCUT2D eigenvalue weighted by atomic mass is 10.3. The molecule has 0 unspecified atom stereocenters. The molecule has 0 bridgehead atoms. The summed E-state index contributed by atoms with van der Waals surface area (Å²) in [5.74, 6) is -0.349. The van der Waals surface area contributed by atoms with Crippen LogP contribution in [0.2, 0.25) is 0 Å². The third-order valence-corrected chi connectivity index (χ3v) is 3.16. The van der Waals surface area contributed by atoms with E-state index in [2.05, 4.69) is 0 Å². The van der Waals surface area contributed by atoms with E-state index >= 15 is 0 Å². The Labute approximate surface area is 116 Å². The number of hydrogen-bond acceptors (Lipinski definition) is 3. The molecule has 0 saturated carbocycles. The van der Waals surface area contributed by atoms with Gasteiger partial charge in [0, 0.05) is 18.8 Å². The van der Waals surface area contributed by atoms with Crippen molar-refractivity contribution in [3.63, 3.8) is 0 Å². The number of aliphatic hydroxyl groups excluding tert-OH is 1. The molecule has 0 aromatic rings. The monoisotopic (exact) mass is 294 g/mol. The lowest BCUT2D eigenvalue weighted by Crippen LogP contribution is -2.44. The molecule has 116 valence electrons. The lowest BCUT2D eigenvalue weighted by Gasteiger charge is -2.27. The molecule has 0 aromatic heterocycles. The van der Waals surface area contributed by atoms with E-state index in [1.54, 1.807) is 6.92 Å². The minimum atomic E-state index is -4.38. The molecule has 0 fully saturated rings. The molecule has 20 heavy (non-hydrogen) atoms. The summed E-state index contributed by atoms with van der Waals surface area (Å²) in [7, 11) is 0. The summed E-state index contributed by atoms with van der Waals surface area (Å²) in [5, 5.41) is 8.81. The fraction of sp³-hybridized carbons (Fsp3) is 0.769. The summed E-state index contributed by atoms with van der Waals surface area (Å²) in [5.41, 5.74) is 0.897. The maximum atomic E-state index is 12.4. The predicted molar refractivity (Wildman–Crippen MR) is 68.9 cm³/mol. The summed E-state index contributed by atoms with van der Waals surface area (Å²) in [6.45, 7) is 0.169. The number of hydrogen-bond donors (Lipinski definition) is 1. The van der Waals surface area contributed by atoms with E-state index in [4.69, 9.17) is 5.11 Å². The molecule has 1 rings (SSSR count). The molecule has 1 N–H and O–H groups in total. The Morgan fingerprint density at radius 1 is 1.45 bits per heavy atom. The summed E-state index contributed by atoms with van der Waals surface area (Å²) >= 11 is 0. The second-order valence-electron chi connectivity index (χ2n) is 4.78. The standard InChI is InChI=1S/C13H21F3N2O2/c1-2-18(11-5-3-4-6-11)12(20)9-17(7-8-19)10-13(14,15)16/h5,19H,2-4,6-10H2,1H3. The van der Waals surface area contributed by atoms with Crippen LogP contribution in [0.25, 0.3) is 0 Å². The number of aliphatic hydroxyl groups is 1. The predicted octanol–water partition coefficient (Wildman–Crippen LogP) is 1.76. The number of halogens is 3. The first-order chi connectivity index (χ1) is 9.37. The molecule has 0 heterocycles. The summed E-state index contributed by atoms with van der Waals surface area (Å²) in [6.07, 6.45) is 0.254. The third kappa shape index (κ3) is 5.50. The van der Waals surface area contributed by atoms with Crippen molar-refractivity contribution in [2.45, 2.75) is 32.4 Å². The molecule has 4 nitrogen and oxygen atoms in total. The highest BCUT2D eigenvalue weighted by Gasteiger charge is 2.32. The highest BCUT2D eigenvalue weighted by Crippen LogP contribution is 2.22. The first-order valence-corrected chi connectivity index (χ1v) is 6.76. The Bertz CT molecular complexity index is 356. The Balaban J connectivity index is 2.63. The Morgan fingerprint density at radius 2 is 2.15 bits per heavy atom. The molecule has 1 amide bonds. The average molecular weight is 294 g/mol. The maximum Gasteiger partial charge on any atom is 0.401 e. The summed E-state index contributed by atoms with van der Waals surface area (Å²) < 4.78 is 37.2. The number of carbonyl (C=O) groups is 1. The van der Waals surface area contributed by atoms with Gasteiger partial charge in [0.15, 0.2) is 0 Å². The molecule has 0 saturated heterocycles. The lowest BCUT2D eigenvalue weighted by molar-refractivity contribution is -0.151. The molecular weight excluding hydrogens is 273 g/mol. The maximum absolute atomic E-state index is 12.4. The number of allylic oxidation sites excluding steroid dienone is 2. The number of carbonyl (C=O) groups excluding carboxylic acids is 1. The fourth-order valence-electron chi connectivity index (χ4n) is 2.32. The molecule has 0 aliphatic heterocycles. The Morgan fingerprint density at radius 3 is 2.60 bits per heavy atom. The third-order valence-electron chi connectivity index (χ3n) is 3.16. The van der Waals surface area contributed by atoms with Gasteiger partial charge in [0.25, 0.3) is 0 Å². The van der Waals surface area contributed by atoms with Crippen molar-refractivity contribution in [2.24, 2.45) is 0 Å². The van der Waals surface area contributed by atoms with Crippen LogP contribution in [-0.4, -0.2) is 59.8 Å². The van der Waals surface area contributed by atoms with Crippen LogP contribution in [0.15, 0.2) is 11.8 Å². The molecule has 7 heteroatoms. The number of likely N-dealkylation sites (N-methyl/N-ethyl adjacent to an activating group) is 1. The van der Waals surface area contributed by atoms with Gasteiger partial charge in [0.2, 0.25) is 5.91 Å². The van der Waals surface area contributed by atoms with Gasteiger partial charge in [-0.05, 0) is 26.2 Å². The SMILES string of the molecule is CCN(C(=O)CN(CCO)CC(F)(F)F)C1=CCCC1. The molecule has 0 aromatic carbocycles. The van der Waals surface area contributed by atoms with Crippen LogP contribution in [-0.2, 0) is 4.79 Å². The van der Waals surface area contributed by atoms with Crippen LogP contribution in [0, 0.1) is 0 Å². The number of rotatable bonds is 7. The van der Waals surface area contributed by atoms with Crippen LogP contribution < -0.4 is 0 Å². The highest BCUT2D eigenvalue weighted by atomic mass is 19.4. The van der Waals surface area contributed by atoms with Crippen molar-refractivity contribution in [3.8, 4) is 0 Å². The molecular formula is C13H21F3N2O2. The van der Waals surface area contributed by atoms with Crippen molar-refractivity contribution >= 4 is 5.91 Å². The van der Waals surface area contributed by atoms with Crippen LogP contribution in [0.3, 0.4) is 0 Å². The van der Waals surface area contributed by atoms with Gasteiger partial charge in [-0.3, -0.25) is 9.69 Å². The van der Waals surface area contributed by atoms with E-state index in [0.29, 0.717) is 6.54 Å². The van der Waals surface area contributed by atoms with Gasteiger partial charge in [-0.2, -0.15) is 13.2 Å². The van der Waals surface area contributed by atoms with Crippen LogP contribution in [0.5, 0.6) is 0 Å². The minimum Gasteiger partial charge on any atom is -0.395 e. The Kier molecular flexibility index (Phi) is 6.48. The normalized spacial score (nSPS) is 15.6. The van der Waals surface area contributed by atoms with Gasteiger partial charge in [-0.15, -0.1) is 0 Å². The number of alkyl halides is 3. The molecule has 1 aliphatic carbocycles. The van der Waals surface area contributed by atoms with Gasteiger partial charge in [0.05, 0.1) is 19.7 Å². The largest absolute Gasteiger partial charge is 0.401 e. The van der Waals surface area contributed by atoms with E-state index < -0.39 is 19.3 Å². The smallest absolute Gasteiger partial charge is 0.395 e. The van der Waals surface area contributed by atoms with Crippen molar-refractivity contribution in [3.05, 3.63) is 11.8 Å².